The molecule has 0 aliphatic heterocycles. The van der Waals surface area contributed by atoms with Crippen LogP contribution >= 0.6 is 0 Å². The van der Waals surface area contributed by atoms with E-state index in [1.54, 1.807) is 6.20 Å². The minimum Gasteiger partial charge on any atom is -0.327 e. The zero-order chi connectivity index (χ0) is 14.1. The summed E-state index contributed by atoms with van der Waals surface area (Å²) in [5.74, 6) is 2.32. The Morgan fingerprint density at radius 1 is 1.25 bits per heavy atom. The van der Waals surface area contributed by atoms with E-state index in [0.717, 1.165) is 11.5 Å². The smallest absolute Gasteiger partial charge is 0.322 e. The maximum absolute atomic E-state index is 5.26. The lowest BCUT2D eigenvalue weighted by Gasteiger charge is -2.15. The number of nitrogens with one attached hydrogen (secondary N) is 1. The molecule has 0 radical (unpaired) electrons. The van der Waals surface area contributed by atoms with E-state index in [-0.39, 0.29) is 12.0 Å². The lowest BCUT2D eigenvalue weighted by Crippen LogP contribution is -2.16. The van der Waals surface area contributed by atoms with Gasteiger partial charge in [0.25, 0.3) is 0 Å². The topological polar surface area (TPSA) is 76.7 Å². The monoisotopic (exact) mass is 273 g/mol. The number of aromatic nitrogens is 4. The maximum atomic E-state index is 5.26. The van der Waals surface area contributed by atoms with Crippen molar-refractivity contribution in [3.63, 3.8) is 0 Å². The van der Waals surface area contributed by atoms with Crippen LogP contribution in [0.5, 0.6) is 0 Å². The molecule has 6 nitrogen and oxygen atoms in total. The van der Waals surface area contributed by atoms with Crippen LogP contribution in [0.1, 0.15) is 56.0 Å². The molecule has 0 aromatic carbocycles. The number of hydrogen-bond acceptors (Lipinski definition) is 6. The van der Waals surface area contributed by atoms with Crippen molar-refractivity contribution in [3.05, 3.63) is 29.6 Å². The van der Waals surface area contributed by atoms with E-state index in [0.29, 0.717) is 17.8 Å². The van der Waals surface area contributed by atoms with Gasteiger partial charge in [-0.1, -0.05) is 19.0 Å². The third-order valence-electron chi connectivity index (χ3n) is 3.42. The number of hydrogen-bond donors (Lipinski definition) is 1. The summed E-state index contributed by atoms with van der Waals surface area (Å²) in [7, 11) is 0. The second kappa shape index (κ2) is 5.19. The molecular weight excluding hydrogens is 254 g/mol. The van der Waals surface area contributed by atoms with Gasteiger partial charge in [0.15, 0.2) is 11.6 Å². The fourth-order valence-electron chi connectivity index (χ4n) is 2.10. The van der Waals surface area contributed by atoms with Gasteiger partial charge in [0, 0.05) is 17.8 Å². The van der Waals surface area contributed by atoms with Crippen molar-refractivity contribution in [1.82, 2.24) is 20.1 Å². The summed E-state index contributed by atoms with van der Waals surface area (Å²) in [4.78, 5) is 13.2. The zero-order valence-electron chi connectivity index (χ0n) is 12.0. The number of anilines is 1. The standard InChI is InChI=1S/C14H19N5O/c1-8(2)12-18-14(20-19-12)17-11(10-4-5-10)13-15-7-6-9(3)16-13/h6-8,10-11H,4-5H2,1-3H3,(H,17,18,19). The molecular formula is C14H19N5O. The largest absolute Gasteiger partial charge is 0.327 e. The van der Waals surface area contributed by atoms with E-state index < -0.39 is 0 Å². The third-order valence-corrected chi connectivity index (χ3v) is 3.42. The molecule has 3 rings (SSSR count). The molecule has 6 heteroatoms. The first kappa shape index (κ1) is 13.0. The summed E-state index contributed by atoms with van der Waals surface area (Å²) < 4.78 is 5.26. The maximum Gasteiger partial charge on any atom is 0.322 e. The van der Waals surface area contributed by atoms with Crippen LogP contribution in [0.3, 0.4) is 0 Å². The molecule has 0 spiro atoms. The molecule has 1 aliphatic carbocycles. The predicted molar refractivity (Wildman–Crippen MR) is 74.2 cm³/mol. The molecule has 0 saturated heterocycles. The van der Waals surface area contributed by atoms with Gasteiger partial charge in [0.05, 0.1) is 6.04 Å². The summed E-state index contributed by atoms with van der Waals surface area (Å²) in [5, 5.41) is 7.26. The Hall–Kier alpha value is -1.98. The highest BCUT2D eigenvalue weighted by atomic mass is 16.5. The Kier molecular flexibility index (Phi) is 3.38. The molecule has 1 atom stereocenters. The lowest BCUT2D eigenvalue weighted by molar-refractivity contribution is 0.412. The van der Waals surface area contributed by atoms with Gasteiger partial charge in [0.1, 0.15) is 0 Å². The van der Waals surface area contributed by atoms with Crippen molar-refractivity contribution in [3.8, 4) is 0 Å². The van der Waals surface area contributed by atoms with Crippen LogP contribution in [0.15, 0.2) is 16.8 Å². The predicted octanol–water partition coefficient (Wildman–Crippen LogP) is 2.85. The van der Waals surface area contributed by atoms with Gasteiger partial charge in [-0.2, -0.15) is 4.98 Å². The minimum atomic E-state index is 0.0513. The van der Waals surface area contributed by atoms with E-state index in [9.17, 15) is 0 Å². The Bertz CT molecular complexity index is 591. The quantitative estimate of drug-likeness (QED) is 0.902. The average molecular weight is 273 g/mol. The zero-order valence-corrected chi connectivity index (χ0v) is 12.0. The highest BCUT2D eigenvalue weighted by Crippen LogP contribution is 2.41. The van der Waals surface area contributed by atoms with Crippen molar-refractivity contribution in [1.29, 1.82) is 0 Å². The molecule has 1 fully saturated rings. The summed E-state index contributed by atoms with van der Waals surface area (Å²) in [6, 6.07) is 2.41. The van der Waals surface area contributed by atoms with Crippen molar-refractivity contribution in [2.45, 2.75) is 45.6 Å². The molecule has 0 bridgehead atoms. The van der Waals surface area contributed by atoms with E-state index in [1.807, 2.05) is 26.8 Å². The second-order valence-electron chi connectivity index (χ2n) is 5.63. The Morgan fingerprint density at radius 2 is 2.05 bits per heavy atom. The van der Waals surface area contributed by atoms with Gasteiger partial charge in [0.2, 0.25) is 0 Å². The van der Waals surface area contributed by atoms with Crippen molar-refractivity contribution >= 4 is 6.01 Å². The number of nitrogens with zero attached hydrogens (tertiary/aromatic N) is 4. The first-order valence-corrected chi connectivity index (χ1v) is 7.03. The van der Waals surface area contributed by atoms with Crippen LogP contribution < -0.4 is 5.32 Å². The second-order valence-corrected chi connectivity index (χ2v) is 5.63. The van der Waals surface area contributed by atoms with E-state index in [2.05, 4.69) is 25.4 Å². The van der Waals surface area contributed by atoms with E-state index in [1.165, 1.54) is 12.8 Å². The lowest BCUT2D eigenvalue weighted by atomic mass is 10.1. The third kappa shape index (κ3) is 2.79. The SMILES string of the molecule is Cc1ccnc(C(Nc2nc(C(C)C)no2)C2CC2)n1. The highest BCUT2D eigenvalue weighted by Gasteiger charge is 2.35. The Balaban J connectivity index is 1.80. The van der Waals surface area contributed by atoms with Crippen LogP contribution in [0.4, 0.5) is 6.01 Å². The molecule has 1 aliphatic rings. The fraction of sp³-hybridized carbons (Fsp3) is 0.571. The molecule has 2 heterocycles. The van der Waals surface area contributed by atoms with Crippen LogP contribution in [0, 0.1) is 12.8 Å². The van der Waals surface area contributed by atoms with Gasteiger partial charge in [-0.15, -0.1) is 0 Å². The van der Waals surface area contributed by atoms with Crippen LogP contribution in [-0.4, -0.2) is 20.1 Å². The van der Waals surface area contributed by atoms with Gasteiger partial charge in [-0.25, -0.2) is 9.97 Å². The normalized spacial score (nSPS) is 16.4. The van der Waals surface area contributed by atoms with Gasteiger partial charge in [-0.3, -0.25) is 0 Å². The summed E-state index contributed by atoms with van der Waals surface area (Å²) in [6.45, 7) is 6.05. The highest BCUT2D eigenvalue weighted by molar-refractivity contribution is 5.26. The van der Waals surface area contributed by atoms with Gasteiger partial charge in [-0.05, 0) is 31.7 Å². The average Bonchev–Trinajstić information content (AvgIpc) is 3.14. The fourth-order valence-corrected chi connectivity index (χ4v) is 2.10. The molecule has 1 saturated carbocycles. The molecule has 2 aromatic rings. The van der Waals surface area contributed by atoms with Crippen LogP contribution in [0.25, 0.3) is 0 Å². The number of aryl methyl sites for hydroxylation is 1. The number of rotatable bonds is 5. The summed E-state index contributed by atoms with van der Waals surface area (Å²) >= 11 is 0. The van der Waals surface area contributed by atoms with Crippen molar-refractivity contribution in [2.24, 2.45) is 5.92 Å². The Morgan fingerprint density at radius 3 is 2.65 bits per heavy atom. The first-order valence-electron chi connectivity index (χ1n) is 7.03. The first-order chi connectivity index (χ1) is 9.63. The Labute approximate surface area is 118 Å². The molecule has 0 amide bonds. The van der Waals surface area contributed by atoms with Crippen molar-refractivity contribution in [2.75, 3.05) is 5.32 Å². The molecule has 20 heavy (non-hydrogen) atoms. The van der Waals surface area contributed by atoms with Crippen molar-refractivity contribution < 1.29 is 4.52 Å². The summed E-state index contributed by atoms with van der Waals surface area (Å²) in [5.41, 5.74) is 0.968. The van der Waals surface area contributed by atoms with Gasteiger partial charge >= 0.3 is 6.01 Å². The van der Waals surface area contributed by atoms with E-state index in [4.69, 9.17) is 4.52 Å². The molecule has 1 unspecified atom stereocenters. The van der Waals surface area contributed by atoms with Crippen LogP contribution in [0.2, 0.25) is 0 Å². The van der Waals surface area contributed by atoms with Crippen LogP contribution in [-0.2, 0) is 0 Å². The molecule has 2 aromatic heterocycles. The van der Waals surface area contributed by atoms with Gasteiger partial charge < -0.3 is 9.84 Å². The molecule has 1 N–H and O–H groups in total. The summed E-state index contributed by atoms with van der Waals surface area (Å²) in [6.07, 6.45) is 4.16. The minimum absolute atomic E-state index is 0.0513. The van der Waals surface area contributed by atoms with E-state index >= 15 is 0 Å². The molecule has 106 valence electrons.